The summed E-state index contributed by atoms with van der Waals surface area (Å²) in [5, 5.41) is 9.46. The number of nitrogens with one attached hydrogen (secondary N) is 1. The average Bonchev–Trinajstić information content (AvgIpc) is 2.36. The number of aromatic nitrogens is 1. The third-order valence-electron chi connectivity index (χ3n) is 2.51. The largest absolute Gasteiger partial charge is 0.505 e. The van der Waals surface area contributed by atoms with Gasteiger partial charge < -0.3 is 20.6 Å². The zero-order valence-electron chi connectivity index (χ0n) is 9.53. The number of aromatic hydroxyl groups is 1. The van der Waals surface area contributed by atoms with Crippen LogP contribution in [0.2, 0.25) is 0 Å². The highest BCUT2D eigenvalue weighted by Crippen LogP contribution is 2.28. The van der Waals surface area contributed by atoms with Crippen molar-refractivity contribution in [2.45, 2.75) is 0 Å². The van der Waals surface area contributed by atoms with Crippen molar-refractivity contribution in [2.75, 3.05) is 12.8 Å². The summed E-state index contributed by atoms with van der Waals surface area (Å²) < 4.78 is 18.6. The van der Waals surface area contributed by atoms with Crippen molar-refractivity contribution >= 4 is 5.69 Å². The summed E-state index contributed by atoms with van der Waals surface area (Å²) in [6.45, 7) is 0. The molecule has 2 rings (SSSR count). The molecule has 1 aromatic carbocycles. The number of hydrogen-bond donors (Lipinski definition) is 3. The van der Waals surface area contributed by atoms with Crippen LogP contribution in [-0.2, 0) is 0 Å². The lowest BCUT2D eigenvalue weighted by Gasteiger charge is -2.07. The molecule has 5 nitrogen and oxygen atoms in total. The molecule has 94 valence electrons. The van der Waals surface area contributed by atoms with E-state index in [1.807, 2.05) is 0 Å². The quantitative estimate of drug-likeness (QED) is 0.753. The monoisotopic (exact) mass is 250 g/mol. The topological polar surface area (TPSA) is 88.3 Å². The van der Waals surface area contributed by atoms with Crippen LogP contribution in [0.15, 0.2) is 29.1 Å². The molecule has 18 heavy (non-hydrogen) atoms. The van der Waals surface area contributed by atoms with Gasteiger partial charge in [0, 0.05) is 11.6 Å². The molecule has 0 spiro atoms. The van der Waals surface area contributed by atoms with Crippen molar-refractivity contribution in [3.63, 3.8) is 0 Å². The molecule has 0 saturated heterocycles. The number of benzene rings is 1. The summed E-state index contributed by atoms with van der Waals surface area (Å²) in [7, 11) is 1.44. The maximum atomic E-state index is 13.7. The minimum Gasteiger partial charge on any atom is -0.505 e. The zero-order valence-corrected chi connectivity index (χ0v) is 9.53. The van der Waals surface area contributed by atoms with Gasteiger partial charge in [-0.05, 0) is 18.2 Å². The van der Waals surface area contributed by atoms with Crippen LogP contribution in [0.25, 0.3) is 11.3 Å². The third-order valence-corrected chi connectivity index (χ3v) is 2.51. The van der Waals surface area contributed by atoms with Crippen LogP contribution in [0.5, 0.6) is 11.5 Å². The first-order chi connectivity index (χ1) is 8.52. The molecule has 0 radical (unpaired) electrons. The molecule has 0 aliphatic heterocycles. The molecule has 4 N–H and O–H groups in total. The SMILES string of the molecule is COc1ccc(F)c(-c2cc(O)c(N)c(=O)[nH]2)c1. The summed E-state index contributed by atoms with van der Waals surface area (Å²) in [4.78, 5) is 13.8. The highest BCUT2D eigenvalue weighted by atomic mass is 19.1. The van der Waals surface area contributed by atoms with E-state index in [9.17, 15) is 14.3 Å². The van der Waals surface area contributed by atoms with Crippen LogP contribution in [0.3, 0.4) is 0 Å². The number of H-pyrrole nitrogens is 1. The Hall–Kier alpha value is -2.50. The van der Waals surface area contributed by atoms with E-state index in [0.717, 1.165) is 0 Å². The zero-order chi connectivity index (χ0) is 13.3. The molecule has 0 amide bonds. The molecule has 2 aromatic rings. The summed E-state index contributed by atoms with van der Waals surface area (Å²) >= 11 is 0. The van der Waals surface area contributed by atoms with Gasteiger partial charge in [0.05, 0.1) is 12.8 Å². The fraction of sp³-hybridized carbons (Fsp3) is 0.0833. The highest BCUT2D eigenvalue weighted by Gasteiger charge is 2.11. The van der Waals surface area contributed by atoms with Crippen LogP contribution in [0.4, 0.5) is 10.1 Å². The number of halogens is 1. The molecule has 0 saturated carbocycles. The molecular formula is C12H11FN2O3. The predicted octanol–water partition coefficient (Wildman–Crippen LogP) is 1.48. The van der Waals surface area contributed by atoms with E-state index in [-0.39, 0.29) is 16.9 Å². The molecule has 0 atom stereocenters. The van der Waals surface area contributed by atoms with E-state index in [0.29, 0.717) is 5.75 Å². The molecular weight excluding hydrogens is 239 g/mol. The van der Waals surface area contributed by atoms with Gasteiger partial charge in [0.25, 0.3) is 5.56 Å². The lowest BCUT2D eigenvalue weighted by atomic mass is 10.1. The van der Waals surface area contributed by atoms with Crippen molar-refractivity contribution in [3.05, 3.63) is 40.4 Å². The molecule has 0 aliphatic carbocycles. The van der Waals surface area contributed by atoms with Crippen molar-refractivity contribution in [1.29, 1.82) is 0 Å². The van der Waals surface area contributed by atoms with Gasteiger partial charge >= 0.3 is 0 Å². The van der Waals surface area contributed by atoms with Crippen LogP contribution in [-0.4, -0.2) is 17.2 Å². The van der Waals surface area contributed by atoms with Crippen LogP contribution >= 0.6 is 0 Å². The standard InChI is InChI=1S/C12H11FN2O3/c1-18-6-2-3-8(13)7(4-6)9-5-10(16)11(14)12(17)15-9/h2-5H,14H2,1H3,(H2,15,16,17). The number of anilines is 1. The maximum absolute atomic E-state index is 13.7. The lowest BCUT2D eigenvalue weighted by molar-refractivity contribution is 0.414. The number of ether oxygens (including phenoxy) is 1. The summed E-state index contributed by atoms with van der Waals surface area (Å²) in [5.41, 5.74) is 4.57. The molecule has 0 aliphatic rings. The molecule has 0 bridgehead atoms. The van der Waals surface area contributed by atoms with Crippen molar-refractivity contribution in [1.82, 2.24) is 4.98 Å². The van der Waals surface area contributed by atoms with E-state index < -0.39 is 17.1 Å². The molecule has 0 fully saturated rings. The van der Waals surface area contributed by atoms with Crippen LogP contribution in [0, 0.1) is 5.82 Å². The smallest absolute Gasteiger partial charge is 0.275 e. The number of nitrogens with two attached hydrogens (primary N) is 1. The summed E-state index contributed by atoms with van der Waals surface area (Å²) in [6.07, 6.45) is 0. The van der Waals surface area contributed by atoms with E-state index in [1.54, 1.807) is 0 Å². The van der Waals surface area contributed by atoms with Gasteiger partial charge in [0.1, 0.15) is 23.0 Å². The van der Waals surface area contributed by atoms with E-state index in [4.69, 9.17) is 10.5 Å². The van der Waals surface area contributed by atoms with E-state index >= 15 is 0 Å². The Morgan fingerprint density at radius 1 is 1.39 bits per heavy atom. The predicted molar refractivity (Wildman–Crippen MR) is 65.1 cm³/mol. The van der Waals surface area contributed by atoms with Crippen LogP contribution in [0.1, 0.15) is 0 Å². The number of hydrogen-bond acceptors (Lipinski definition) is 4. The summed E-state index contributed by atoms with van der Waals surface area (Å²) in [6, 6.07) is 5.26. The van der Waals surface area contributed by atoms with Crippen molar-refractivity contribution in [2.24, 2.45) is 0 Å². The maximum Gasteiger partial charge on any atom is 0.275 e. The Morgan fingerprint density at radius 2 is 2.11 bits per heavy atom. The minimum atomic E-state index is -0.674. The number of aromatic amines is 1. The normalized spacial score (nSPS) is 10.3. The Balaban J connectivity index is 2.65. The average molecular weight is 250 g/mol. The Morgan fingerprint density at radius 3 is 2.72 bits per heavy atom. The second-order valence-corrected chi connectivity index (χ2v) is 3.66. The van der Waals surface area contributed by atoms with Gasteiger partial charge in [-0.2, -0.15) is 0 Å². The minimum absolute atomic E-state index is 0.113. The van der Waals surface area contributed by atoms with Gasteiger partial charge in [0.2, 0.25) is 0 Å². The Kier molecular flexibility index (Phi) is 2.93. The molecule has 1 aromatic heterocycles. The summed E-state index contributed by atoms with van der Waals surface area (Å²) in [5.74, 6) is -0.504. The third kappa shape index (κ3) is 2.00. The Bertz CT molecular complexity index is 652. The second kappa shape index (κ2) is 4.40. The van der Waals surface area contributed by atoms with Gasteiger partial charge in [-0.15, -0.1) is 0 Å². The van der Waals surface area contributed by atoms with Gasteiger partial charge in [-0.3, -0.25) is 4.79 Å². The lowest BCUT2D eigenvalue weighted by Crippen LogP contribution is -2.12. The molecule has 0 unspecified atom stereocenters. The number of rotatable bonds is 2. The van der Waals surface area contributed by atoms with Crippen molar-refractivity contribution in [3.8, 4) is 22.8 Å². The fourth-order valence-corrected chi connectivity index (χ4v) is 1.54. The second-order valence-electron chi connectivity index (χ2n) is 3.66. The first-order valence-corrected chi connectivity index (χ1v) is 5.08. The fourth-order valence-electron chi connectivity index (χ4n) is 1.54. The van der Waals surface area contributed by atoms with Gasteiger partial charge in [-0.25, -0.2) is 4.39 Å². The first kappa shape index (κ1) is 12.0. The van der Waals surface area contributed by atoms with Gasteiger partial charge in [-0.1, -0.05) is 0 Å². The number of nitrogen functional groups attached to an aromatic ring is 1. The highest BCUT2D eigenvalue weighted by molar-refractivity contribution is 5.66. The number of methoxy groups -OCH3 is 1. The van der Waals surface area contributed by atoms with E-state index in [1.165, 1.54) is 31.4 Å². The molecule has 1 heterocycles. The van der Waals surface area contributed by atoms with Crippen LogP contribution < -0.4 is 16.0 Å². The van der Waals surface area contributed by atoms with E-state index in [2.05, 4.69) is 4.98 Å². The van der Waals surface area contributed by atoms with Crippen molar-refractivity contribution < 1.29 is 14.2 Å². The van der Waals surface area contributed by atoms with Gasteiger partial charge in [0.15, 0.2) is 0 Å². The molecule has 6 heteroatoms. The first-order valence-electron chi connectivity index (χ1n) is 5.08. The Labute approximate surface area is 102 Å². The number of pyridine rings is 1.